The standard InChI is InChI=1S/C16H31IO/c1-2-3-4-5-6-7-8-9-10-11-12-13-14-15-16(17)18/h2-15H2,1H3. The predicted octanol–water partition coefficient (Wildman–Crippen LogP) is 6.43. The van der Waals surface area contributed by atoms with Crippen LogP contribution in [0.3, 0.4) is 0 Å². The molecule has 0 saturated heterocycles. The van der Waals surface area contributed by atoms with E-state index in [4.69, 9.17) is 0 Å². The average molecular weight is 366 g/mol. The summed E-state index contributed by atoms with van der Waals surface area (Å²) in [5, 5.41) is 0. The average Bonchev–Trinajstić information content (AvgIpc) is 2.34. The molecule has 0 aromatic carbocycles. The first-order valence-electron chi connectivity index (χ1n) is 7.95. The summed E-state index contributed by atoms with van der Waals surface area (Å²) < 4.78 is 0.315. The second-order valence-electron chi connectivity index (χ2n) is 5.35. The quantitative estimate of drug-likeness (QED) is 0.197. The second kappa shape index (κ2) is 15.5. The molecular formula is C16H31IO. The normalized spacial score (nSPS) is 10.8. The van der Waals surface area contributed by atoms with E-state index < -0.39 is 0 Å². The lowest BCUT2D eigenvalue weighted by Crippen LogP contribution is -1.86. The van der Waals surface area contributed by atoms with Gasteiger partial charge in [0.2, 0.25) is 0 Å². The van der Waals surface area contributed by atoms with Gasteiger partial charge in [-0.25, -0.2) is 0 Å². The molecule has 0 aromatic rings. The van der Waals surface area contributed by atoms with E-state index in [1.807, 2.05) is 22.6 Å². The van der Waals surface area contributed by atoms with Crippen LogP contribution in [0.25, 0.3) is 0 Å². The van der Waals surface area contributed by atoms with E-state index in [1.165, 1.54) is 77.0 Å². The number of carbonyl (C=O) groups excluding carboxylic acids is 1. The van der Waals surface area contributed by atoms with Crippen LogP contribution < -0.4 is 0 Å². The molecule has 0 aliphatic carbocycles. The van der Waals surface area contributed by atoms with Gasteiger partial charge < -0.3 is 0 Å². The molecule has 0 N–H and O–H groups in total. The fourth-order valence-corrected chi connectivity index (χ4v) is 2.66. The predicted molar refractivity (Wildman–Crippen MR) is 89.3 cm³/mol. The van der Waals surface area contributed by atoms with E-state index >= 15 is 0 Å². The molecule has 0 fully saturated rings. The Morgan fingerprint density at radius 1 is 0.667 bits per heavy atom. The summed E-state index contributed by atoms with van der Waals surface area (Å²) in [6.07, 6.45) is 18.6. The van der Waals surface area contributed by atoms with Crippen LogP contribution in [-0.4, -0.2) is 3.79 Å². The van der Waals surface area contributed by atoms with Gasteiger partial charge in [-0.3, -0.25) is 4.79 Å². The molecule has 0 atom stereocenters. The van der Waals surface area contributed by atoms with Gasteiger partial charge in [-0.1, -0.05) is 84.0 Å². The fraction of sp³-hybridized carbons (Fsp3) is 0.938. The van der Waals surface area contributed by atoms with Crippen LogP contribution in [-0.2, 0) is 4.79 Å². The van der Waals surface area contributed by atoms with Crippen molar-refractivity contribution in [3.05, 3.63) is 0 Å². The zero-order valence-electron chi connectivity index (χ0n) is 12.2. The van der Waals surface area contributed by atoms with Gasteiger partial charge >= 0.3 is 0 Å². The first kappa shape index (κ1) is 18.4. The molecule has 0 heterocycles. The lowest BCUT2D eigenvalue weighted by Gasteiger charge is -2.02. The molecule has 0 spiro atoms. The SMILES string of the molecule is CCCCCCCCCCCCCCCC(=O)I. The number of hydrogen-bond acceptors (Lipinski definition) is 1. The summed E-state index contributed by atoms with van der Waals surface area (Å²) in [4.78, 5) is 10.7. The zero-order valence-corrected chi connectivity index (χ0v) is 14.3. The molecule has 0 bridgehead atoms. The Hall–Kier alpha value is 0.400. The van der Waals surface area contributed by atoms with Gasteiger partial charge in [0, 0.05) is 6.42 Å². The van der Waals surface area contributed by atoms with Crippen LogP contribution in [0.1, 0.15) is 96.8 Å². The maximum atomic E-state index is 10.7. The smallest absolute Gasteiger partial charge is 0.192 e. The van der Waals surface area contributed by atoms with Crippen LogP contribution in [0.5, 0.6) is 0 Å². The monoisotopic (exact) mass is 366 g/mol. The van der Waals surface area contributed by atoms with Gasteiger partial charge in [0.1, 0.15) is 0 Å². The maximum absolute atomic E-state index is 10.7. The molecule has 0 rings (SSSR count). The third-order valence-electron chi connectivity index (χ3n) is 3.48. The molecule has 1 nitrogen and oxygen atoms in total. The van der Waals surface area contributed by atoms with Crippen molar-refractivity contribution >= 4 is 26.4 Å². The first-order chi connectivity index (χ1) is 8.77. The summed E-state index contributed by atoms with van der Waals surface area (Å²) in [6.45, 7) is 2.27. The highest BCUT2D eigenvalue weighted by Crippen LogP contribution is 2.13. The highest BCUT2D eigenvalue weighted by Gasteiger charge is 1.96. The van der Waals surface area contributed by atoms with Gasteiger partial charge in [-0.15, -0.1) is 0 Å². The minimum atomic E-state index is 0.315. The molecule has 0 radical (unpaired) electrons. The van der Waals surface area contributed by atoms with Crippen LogP contribution in [0.4, 0.5) is 0 Å². The third kappa shape index (κ3) is 16.4. The summed E-state index contributed by atoms with van der Waals surface area (Å²) in [6, 6.07) is 0. The second-order valence-corrected chi connectivity index (χ2v) is 6.55. The third-order valence-corrected chi connectivity index (χ3v) is 4.02. The van der Waals surface area contributed by atoms with Crippen molar-refractivity contribution in [3.63, 3.8) is 0 Å². The van der Waals surface area contributed by atoms with Crippen LogP contribution in [0, 0.1) is 0 Å². The van der Waals surface area contributed by atoms with Crippen molar-refractivity contribution in [2.45, 2.75) is 96.8 Å². The zero-order chi connectivity index (χ0) is 13.5. The minimum absolute atomic E-state index is 0.315. The first-order valence-corrected chi connectivity index (χ1v) is 9.03. The summed E-state index contributed by atoms with van der Waals surface area (Å²) in [5.74, 6) is 0. The van der Waals surface area contributed by atoms with Crippen molar-refractivity contribution in [3.8, 4) is 0 Å². The van der Waals surface area contributed by atoms with E-state index in [2.05, 4.69) is 6.92 Å². The van der Waals surface area contributed by atoms with Crippen molar-refractivity contribution in [1.82, 2.24) is 0 Å². The Bertz CT molecular complexity index is 180. The summed E-state index contributed by atoms with van der Waals surface area (Å²) >= 11 is 1.90. The van der Waals surface area contributed by atoms with E-state index in [1.54, 1.807) is 0 Å². The largest absolute Gasteiger partial charge is 0.288 e. The molecule has 18 heavy (non-hydrogen) atoms. The van der Waals surface area contributed by atoms with Crippen molar-refractivity contribution in [2.24, 2.45) is 0 Å². The number of rotatable bonds is 14. The lowest BCUT2D eigenvalue weighted by atomic mass is 10.0. The van der Waals surface area contributed by atoms with Crippen molar-refractivity contribution < 1.29 is 4.79 Å². The maximum Gasteiger partial charge on any atom is 0.192 e. The Morgan fingerprint density at radius 2 is 1.00 bits per heavy atom. The Kier molecular flexibility index (Phi) is 15.8. The molecule has 108 valence electrons. The van der Waals surface area contributed by atoms with E-state index in [9.17, 15) is 4.79 Å². The highest BCUT2D eigenvalue weighted by molar-refractivity contribution is 14.1. The molecule has 0 aromatic heterocycles. The topological polar surface area (TPSA) is 17.1 Å². The number of halogens is 1. The molecule has 0 unspecified atom stereocenters. The van der Waals surface area contributed by atoms with Gasteiger partial charge in [-0.2, -0.15) is 0 Å². The van der Waals surface area contributed by atoms with Crippen molar-refractivity contribution in [1.29, 1.82) is 0 Å². The van der Waals surface area contributed by atoms with Crippen LogP contribution in [0.2, 0.25) is 0 Å². The molecule has 0 amide bonds. The van der Waals surface area contributed by atoms with E-state index in [0.29, 0.717) is 3.79 Å². The van der Waals surface area contributed by atoms with Gasteiger partial charge in [0.05, 0.1) is 0 Å². The van der Waals surface area contributed by atoms with Gasteiger partial charge in [0.15, 0.2) is 3.79 Å². The van der Waals surface area contributed by atoms with E-state index in [-0.39, 0.29) is 0 Å². The Balaban J connectivity index is 2.92. The van der Waals surface area contributed by atoms with Gasteiger partial charge in [-0.05, 0) is 29.0 Å². The highest BCUT2D eigenvalue weighted by atomic mass is 127. The summed E-state index contributed by atoms with van der Waals surface area (Å²) in [7, 11) is 0. The Morgan fingerprint density at radius 3 is 1.33 bits per heavy atom. The number of carbonyl (C=O) groups is 1. The Labute approximate surface area is 128 Å². The molecule has 0 aliphatic heterocycles. The lowest BCUT2D eigenvalue weighted by molar-refractivity contribution is -0.109. The molecule has 0 saturated carbocycles. The summed E-state index contributed by atoms with van der Waals surface area (Å²) in [5.41, 5.74) is 0. The van der Waals surface area contributed by atoms with E-state index in [0.717, 1.165) is 12.8 Å². The molecule has 0 aliphatic rings. The van der Waals surface area contributed by atoms with Crippen LogP contribution in [0.15, 0.2) is 0 Å². The fourth-order valence-electron chi connectivity index (χ4n) is 2.28. The van der Waals surface area contributed by atoms with Crippen LogP contribution >= 0.6 is 22.6 Å². The number of unbranched alkanes of at least 4 members (excludes halogenated alkanes) is 12. The van der Waals surface area contributed by atoms with Gasteiger partial charge in [0.25, 0.3) is 0 Å². The van der Waals surface area contributed by atoms with Crippen molar-refractivity contribution in [2.75, 3.05) is 0 Å². The number of hydrogen-bond donors (Lipinski definition) is 0. The molecule has 2 heteroatoms. The molecular weight excluding hydrogens is 335 g/mol. The minimum Gasteiger partial charge on any atom is -0.288 e.